The maximum atomic E-state index is 13.4. The third kappa shape index (κ3) is 3.86. The number of rotatable bonds is 5. The van der Waals surface area contributed by atoms with Gasteiger partial charge in [-0.25, -0.2) is 0 Å². The second-order valence-corrected chi connectivity index (χ2v) is 8.75. The van der Waals surface area contributed by atoms with Crippen molar-refractivity contribution in [2.75, 3.05) is 0 Å². The highest BCUT2D eigenvalue weighted by molar-refractivity contribution is 6.02. The highest BCUT2D eigenvalue weighted by Crippen LogP contribution is 2.26. The van der Waals surface area contributed by atoms with Gasteiger partial charge in [0.15, 0.2) is 0 Å². The van der Waals surface area contributed by atoms with Gasteiger partial charge in [0.1, 0.15) is 11.5 Å². The first-order valence-corrected chi connectivity index (χ1v) is 11.4. The molecule has 1 saturated carbocycles. The first-order valence-electron chi connectivity index (χ1n) is 11.4. The van der Waals surface area contributed by atoms with E-state index in [2.05, 4.69) is 40.2 Å². The van der Waals surface area contributed by atoms with Crippen molar-refractivity contribution in [3.8, 4) is 0 Å². The molecule has 4 N–H and O–H groups in total. The summed E-state index contributed by atoms with van der Waals surface area (Å²) in [6.07, 6.45) is 5.69. The summed E-state index contributed by atoms with van der Waals surface area (Å²) in [6, 6.07) is 22.5. The van der Waals surface area contributed by atoms with Crippen LogP contribution in [0.5, 0.6) is 0 Å². The fraction of sp³-hybridized carbons (Fsp3) is 0.259. The van der Waals surface area contributed by atoms with Gasteiger partial charge in [-0.1, -0.05) is 73.9 Å². The Kier molecular flexibility index (Phi) is 5.39. The fourth-order valence-electron chi connectivity index (χ4n) is 4.89. The summed E-state index contributed by atoms with van der Waals surface area (Å²) in [6.45, 7) is 0.569. The molecule has 0 atom stereocenters. The largest absolute Gasteiger partial charge is 0.384 e. The topological polar surface area (TPSA) is 83.9 Å². The van der Waals surface area contributed by atoms with Gasteiger partial charge in [-0.3, -0.25) is 10.2 Å². The van der Waals surface area contributed by atoms with Crippen LogP contribution in [0.15, 0.2) is 66.7 Å². The van der Waals surface area contributed by atoms with Gasteiger partial charge in [-0.2, -0.15) is 0 Å². The lowest BCUT2D eigenvalue weighted by molar-refractivity contribution is 0.0919. The second kappa shape index (κ2) is 8.50. The van der Waals surface area contributed by atoms with Crippen molar-refractivity contribution >= 4 is 33.4 Å². The smallest absolute Gasteiger partial charge is 0.268 e. The van der Waals surface area contributed by atoms with Crippen molar-refractivity contribution in [3.63, 3.8) is 0 Å². The van der Waals surface area contributed by atoms with E-state index in [0.717, 1.165) is 29.3 Å². The number of nitrogen functional groups attached to an aromatic ring is 1. The van der Waals surface area contributed by atoms with Gasteiger partial charge >= 0.3 is 0 Å². The summed E-state index contributed by atoms with van der Waals surface area (Å²) in [5.41, 5.74) is 9.15. The molecule has 162 valence electrons. The molecule has 3 aromatic carbocycles. The van der Waals surface area contributed by atoms with Crippen LogP contribution in [0, 0.1) is 5.41 Å². The zero-order valence-corrected chi connectivity index (χ0v) is 18.1. The third-order valence-corrected chi connectivity index (χ3v) is 6.60. The van der Waals surface area contributed by atoms with Gasteiger partial charge in [0, 0.05) is 29.1 Å². The predicted octanol–water partition coefficient (Wildman–Crippen LogP) is 5.19. The van der Waals surface area contributed by atoms with E-state index >= 15 is 0 Å². The van der Waals surface area contributed by atoms with Gasteiger partial charge in [0.05, 0.1) is 0 Å². The number of carbonyl (C=O) groups excluding carboxylic acids is 1. The molecular formula is C27H28N4O. The SMILES string of the molecule is N=C(N)c1ccc2cc(C(=O)NC3CCCCC3)n(Cc3cccc4ccccc34)c2c1. The Morgan fingerprint density at radius 1 is 0.969 bits per heavy atom. The molecule has 1 heterocycles. The van der Waals surface area contributed by atoms with Crippen LogP contribution in [-0.2, 0) is 6.54 Å². The van der Waals surface area contributed by atoms with Crippen LogP contribution in [0.25, 0.3) is 21.7 Å². The lowest BCUT2D eigenvalue weighted by atomic mass is 9.95. The Bertz CT molecular complexity index is 1310. The van der Waals surface area contributed by atoms with E-state index in [1.807, 2.05) is 36.4 Å². The minimum atomic E-state index is -0.0299. The molecule has 5 heteroatoms. The van der Waals surface area contributed by atoms with E-state index in [4.69, 9.17) is 11.1 Å². The highest BCUT2D eigenvalue weighted by Gasteiger charge is 2.21. The van der Waals surface area contributed by atoms with Crippen molar-refractivity contribution in [2.24, 2.45) is 5.73 Å². The zero-order chi connectivity index (χ0) is 22.1. The fourth-order valence-corrected chi connectivity index (χ4v) is 4.89. The summed E-state index contributed by atoms with van der Waals surface area (Å²) < 4.78 is 2.07. The summed E-state index contributed by atoms with van der Waals surface area (Å²) in [4.78, 5) is 13.4. The Morgan fingerprint density at radius 2 is 1.75 bits per heavy atom. The monoisotopic (exact) mass is 424 g/mol. The number of amides is 1. The van der Waals surface area contributed by atoms with Crippen molar-refractivity contribution in [2.45, 2.75) is 44.7 Å². The molecule has 0 saturated heterocycles. The van der Waals surface area contributed by atoms with E-state index in [9.17, 15) is 4.79 Å². The number of amidine groups is 1. The third-order valence-electron chi connectivity index (χ3n) is 6.60. The van der Waals surface area contributed by atoms with Crippen molar-refractivity contribution in [1.82, 2.24) is 9.88 Å². The van der Waals surface area contributed by atoms with Crippen LogP contribution >= 0.6 is 0 Å². The predicted molar refractivity (Wildman–Crippen MR) is 130 cm³/mol. The van der Waals surface area contributed by atoms with Gasteiger partial charge in [0.2, 0.25) is 0 Å². The normalized spacial score (nSPS) is 14.6. The average Bonchev–Trinajstić information content (AvgIpc) is 3.18. The summed E-state index contributed by atoms with van der Waals surface area (Å²) in [5.74, 6) is -0.00395. The molecule has 32 heavy (non-hydrogen) atoms. The number of hydrogen-bond donors (Lipinski definition) is 3. The number of nitrogens with one attached hydrogen (secondary N) is 2. The maximum absolute atomic E-state index is 13.4. The molecular weight excluding hydrogens is 396 g/mol. The molecule has 1 aliphatic rings. The number of nitrogens with two attached hydrogens (primary N) is 1. The number of hydrogen-bond acceptors (Lipinski definition) is 2. The number of benzene rings is 3. The first-order chi connectivity index (χ1) is 15.6. The van der Waals surface area contributed by atoms with Crippen LogP contribution < -0.4 is 11.1 Å². The van der Waals surface area contributed by atoms with Gasteiger partial charge in [-0.05, 0) is 41.3 Å². The average molecular weight is 425 g/mol. The molecule has 0 spiro atoms. The summed E-state index contributed by atoms with van der Waals surface area (Å²) in [5, 5.41) is 14.5. The summed E-state index contributed by atoms with van der Waals surface area (Å²) in [7, 11) is 0. The lowest BCUT2D eigenvalue weighted by Crippen LogP contribution is -2.37. The van der Waals surface area contributed by atoms with Gasteiger partial charge in [-0.15, -0.1) is 0 Å². The standard InChI is InChI=1S/C27H28N4O/c28-26(29)20-14-13-19-15-25(27(32)30-22-10-2-1-3-11-22)31(24(19)16-20)17-21-9-6-8-18-7-4-5-12-23(18)21/h4-9,12-16,22H,1-3,10-11,17H2,(H3,28,29)(H,30,32). The van der Waals surface area contributed by atoms with Crippen molar-refractivity contribution < 1.29 is 4.79 Å². The van der Waals surface area contributed by atoms with Crippen LogP contribution in [0.1, 0.15) is 53.7 Å². The zero-order valence-electron chi connectivity index (χ0n) is 18.1. The Hall–Kier alpha value is -3.60. The van der Waals surface area contributed by atoms with Gasteiger partial charge < -0.3 is 15.6 Å². The van der Waals surface area contributed by atoms with E-state index in [0.29, 0.717) is 17.8 Å². The molecule has 5 nitrogen and oxygen atoms in total. The number of fused-ring (bicyclic) bond motifs is 2. The number of carbonyl (C=O) groups is 1. The second-order valence-electron chi connectivity index (χ2n) is 8.75. The molecule has 0 radical (unpaired) electrons. The minimum Gasteiger partial charge on any atom is -0.384 e. The summed E-state index contributed by atoms with van der Waals surface area (Å²) >= 11 is 0. The quantitative estimate of drug-likeness (QED) is 0.304. The molecule has 4 aromatic rings. The van der Waals surface area contributed by atoms with E-state index < -0.39 is 0 Å². The van der Waals surface area contributed by atoms with Crippen LogP contribution in [0.2, 0.25) is 0 Å². The van der Waals surface area contributed by atoms with E-state index in [1.165, 1.54) is 30.0 Å². The molecule has 0 unspecified atom stereocenters. The molecule has 1 fully saturated rings. The molecule has 0 bridgehead atoms. The molecule has 1 aromatic heterocycles. The number of nitrogens with zero attached hydrogens (tertiary/aromatic N) is 1. The van der Waals surface area contributed by atoms with Crippen molar-refractivity contribution in [3.05, 3.63) is 83.6 Å². The van der Waals surface area contributed by atoms with Crippen LogP contribution in [0.4, 0.5) is 0 Å². The Balaban J connectivity index is 1.60. The Morgan fingerprint density at radius 3 is 2.56 bits per heavy atom. The molecule has 5 rings (SSSR count). The minimum absolute atomic E-state index is 0.0259. The molecule has 1 amide bonds. The maximum Gasteiger partial charge on any atom is 0.268 e. The highest BCUT2D eigenvalue weighted by atomic mass is 16.2. The Labute approximate surface area is 187 Å². The lowest BCUT2D eigenvalue weighted by Gasteiger charge is -2.23. The van der Waals surface area contributed by atoms with Crippen molar-refractivity contribution in [1.29, 1.82) is 5.41 Å². The molecule has 1 aliphatic carbocycles. The van der Waals surface area contributed by atoms with E-state index in [1.54, 1.807) is 0 Å². The van der Waals surface area contributed by atoms with E-state index in [-0.39, 0.29) is 17.8 Å². The molecule has 0 aliphatic heterocycles. The first kappa shape index (κ1) is 20.3. The van der Waals surface area contributed by atoms with Gasteiger partial charge in [0.25, 0.3) is 5.91 Å². The van der Waals surface area contributed by atoms with Crippen LogP contribution in [-0.4, -0.2) is 22.4 Å². The van der Waals surface area contributed by atoms with Crippen LogP contribution in [0.3, 0.4) is 0 Å². The number of aromatic nitrogens is 1.